The van der Waals surface area contributed by atoms with Crippen molar-refractivity contribution in [3.8, 4) is 11.5 Å². The summed E-state index contributed by atoms with van der Waals surface area (Å²) in [6, 6.07) is 23.0. The molecule has 2 aliphatic heterocycles. The number of methoxy groups -OCH3 is 2. The van der Waals surface area contributed by atoms with Crippen molar-refractivity contribution >= 4 is 43.3 Å². The molecule has 3 aromatic heterocycles. The van der Waals surface area contributed by atoms with E-state index in [2.05, 4.69) is 22.1 Å². The average Bonchev–Trinajstić information content (AvgIpc) is 3.84. The lowest BCUT2D eigenvalue weighted by Crippen LogP contribution is -2.23. The molecule has 2 aliphatic rings. The first-order valence-electron chi connectivity index (χ1n) is 16.3. The number of nitrogens with one attached hydrogen (secondary N) is 2. The van der Waals surface area contributed by atoms with Crippen LogP contribution in [-0.2, 0) is 22.9 Å². The second-order valence-electron chi connectivity index (χ2n) is 12.6. The third-order valence-corrected chi connectivity index (χ3v) is 11.5. The number of benzene rings is 3. The monoisotopic (exact) mass is 659 g/mol. The standard InChI is InChI=1S/C38H37N5O4S/c1-23-6-10-27(11-7-23)48(44,45)43-18-4-5-36(43)24(19-34-37-30(14-16-39-34)28-12-8-25(46-2)21-32(28)41-37)20-35-38-31(15-17-40-35)29-13-9-26(47-3)22-33(29)42-38/h4-13,18,21-22,24,41-42H,14-17,19-20H2,1-3H3. The van der Waals surface area contributed by atoms with Gasteiger partial charge in [-0.15, -0.1) is 0 Å². The summed E-state index contributed by atoms with van der Waals surface area (Å²) in [7, 11) is -0.512. The molecule has 0 saturated carbocycles. The molecule has 0 atom stereocenters. The van der Waals surface area contributed by atoms with Gasteiger partial charge >= 0.3 is 0 Å². The topological polar surface area (TPSA) is 114 Å². The highest BCUT2D eigenvalue weighted by molar-refractivity contribution is 7.90. The molecule has 0 bridgehead atoms. The highest BCUT2D eigenvalue weighted by Gasteiger charge is 2.31. The fourth-order valence-electron chi connectivity index (χ4n) is 7.32. The fraction of sp³-hybridized carbons (Fsp3) is 0.263. The van der Waals surface area contributed by atoms with Gasteiger partial charge in [0.15, 0.2) is 0 Å². The highest BCUT2D eigenvalue weighted by atomic mass is 32.2. The van der Waals surface area contributed by atoms with E-state index in [0.29, 0.717) is 31.6 Å². The van der Waals surface area contributed by atoms with Crippen molar-refractivity contribution in [1.29, 1.82) is 0 Å². The lowest BCUT2D eigenvalue weighted by Gasteiger charge is -2.24. The van der Waals surface area contributed by atoms with E-state index in [9.17, 15) is 8.42 Å². The molecule has 0 unspecified atom stereocenters. The van der Waals surface area contributed by atoms with Gasteiger partial charge in [0, 0.05) is 77.7 Å². The van der Waals surface area contributed by atoms with Gasteiger partial charge in [0.05, 0.1) is 41.9 Å². The Labute approximate surface area is 279 Å². The largest absolute Gasteiger partial charge is 0.497 e. The van der Waals surface area contributed by atoms with Gasteiger partial charge in [-0.25, -0.2) is 12.4 Å². The van der Waals surface area contributed by atoms with Crippen molar-refractivity contribution in [2.45, 2.75) is 43.4 Å². The van der Waals surface area contributed by atoms with Gasteiger partial charge in [-0.05, 0) is 79.4 Å². The van der Waals surface area contributed by atoms with E-state index in [4.69, 9.17) is 19.5 Å². The number of ether oxygens (including phenoxy) is 2. The molecule has 10 heteroatoms. The van der Waals surface area contributed by atoms with Gasteiger partial charge in [-0.3, -0.25) is 9.98 Å². The number of nitrogens with zero attached hydrogens (tertiary/aromatic N) is 3. The summed E-state index contributed by atoms with van der Waals surface area (Å²) in [5.74, 6) is 1.34. The number of aryl methyl sites for hydroxylation is 1. The first-order valence-corrected chi connectivity index (χ1v) is 17.7. The molecule has 0 saturated heterocycles. The summed E-state index contributed by atoms with van der Waals surface area (Å²) >= 11 is 0. The van der Waals surface area contributed by atoms with E-state index >= 15 is 0 Å². The maximum atomic E-state index is 14.1. The number of hydrogen-bond acceptors (Lipinski definition) is 6. The van der Waals surface area contributed by atoms with Gasteiger partial charge in [0.2, 0.25) is 0 Å². The number of fused-ring (bicyclic) bond motifs is 6. The molecule has 48 heavy (non-hydrogen) atoms. The minimum atomic E-state index is -3.85. The first-order chi connectivity index (χ1) is 23.3. The number of H-pyrrole nitrogens is 2. The summed E-state index contributed by atoms with van der Waals surface area (Å²) in [5.41, 5.74) is 10.1. The SMILES string of the molecule is COc1ccc2c3c([nH]c2c1)C(CC(CC1=NCCc2c1[nH]c1cc(OC)ccc21)c1cccn1S(=O)(=O)c1ccc(C)cc1)=NCC3. The Kier molecular flexibility index (Phi) is 7.47. The van der Waals surface area contributed by atoms with Crippen molar-refractivity contribution in [2.75, 3.05) is 27.3 Å². The van der Waals surface area contributed by atoms with Gasteiger partial charge in [0.25, 0.3) is 10.0 Å². The van der Waals surface area contributed by atoms with Crippen molar-refractivity contribution in [3.05, 3.63) is 113 Å². The molecule has 3 aromatic carbocycles. The lowest BCUT2D eigenvalue weighted by atomic mass is 9.87. The predicted molar refractivity (Wildman–Crippen MR) is 190 cm³/mol. The second kappa shape index (κ2) is 11.9. The van der Waals surface area contributed by atoms with Crippen LogP contribution < -0.4 is 9.47 Å². The molecule has 2 N–H and O–H groups in total. The summed E-state index contributed by atoms with van der Waals surface area (Å²) < 4.78 is 40.7. The Morgan fingerprint density at radius 1 is 0.771 bits per heavy atom. The number of aliphatic imine (C=N–C) groups is 2. The van der Waals surface area contributed by atoms with Crippen LogP contribution in [0.2, 0.25) is 0 Å². The van der Waals surface area contributed by atoms with Gasteiger partial charge in [-0.1, -0.05) is 17.7 Å². The second-order valence-corrected chi connectivity index (χ2v) is 14.4. The summed E-state index contributed by atoms with van der Waals surface area (Å²) in [6.07, 6.45) is 4.40. The minimum Gasteiger partial charge on any atom is -0.497 e. The Morgan fingerprint density at radius 3 is 1.83 bits per heavy atom. The van der Waals surface area contributed by atoms with E-state index < -0.39 is 10.0 Å². The van der Waals surface area contributed by atoms with Crippen molar-refractivity contribution < 1.29 is 17.9 Å². The van der Waals surface area contributed by atoms with Crippen LogP contribution in [-0.4, -0.2) is 61.1 Å². The van der Waals surface area contributed by atoms with Gasteiger partial charge < -0.3 is 19.4 Å². The number of rotatable bonds is 9. The molecule has 9 nitrogen and oxygen atoms in total. The van der Waals surface area contributed by atoms with E-state index in [1.807, 2.05) is 55.5 Å². The Balaban J connectivity index is 1.22. The van der Waals surface area contributed by atoms with Crippen molar-refractivity contribution in [2.24, 2.45) is 9.98 Å². The highest BCUT2D eigenvalue weighted by Crippen LogP contribution is 2.37. The number of aromatic amines is 2. The number of hydrogen-bond donors (Lipinski definition) is 2. The first kappa shape index (κ1) is 30.3. The van der Waals surface area contributed by atoms with Crippen LogP contribution in [0.4, 0.5) is 0 Å². The third kappa shape index (κ3) is 5.11. The Morgan fingerprint density at radius 2 is 1.31 bits per heavy atom. The van der Waals surface area contributed by atoms with Crippen LogP contribution in [0.5, 0.6) is 11.5 Å². The molecule has 0 fully saturated rings. The van der Waals surface area contributed by atoms with E-state index in [1.54, 1.807) is 32.5 Å². The molecule has 0 aliphatic carbocycles. The molecule has 8 rings (SSSR count). The van der Waals surface area contributed by atoms with Crippen molar-refractivity contribution in [3.63, 3.8) is 0 Å². The summed E-state index contributed by atoms with van der Waals surface area (Å²) in [5, 5.41) is 2.32. The van der Waals surface area contributed by atoms with Crippen LogP contribution in [0, 0.1) is 6.92 Å². The predicted octanol–water partition coefficient (Wildman–Crippen LogP) is 6.97. The van der Waals surface area contributed by atoms with E-state index in [0.717, 1.165) is 74.5 Å². The zero-order valence-electron chi connectivity index (χ0n) is 27.2. The number of aromatic nitrogens is 3. The maximum absolute atomic E-state index is 14.1. The summed E-state index contributed by atoms with van der Waals surface area (Å²) in [6.45, 7) is 3.29. The van der Waals surface area contributed by atoms with Crippen LogP contribution >= 0.6 is 0 Å². The molecule has 5 heterocycles. The smallest absolute Gasteiger partial charge is 0.267 e. The summed E-state index contributed by atoms with van der Waals surface area (Å²) in [4.78, 5) is 17.6. The van der Waals surface area contributed by atoms with E-state index in [1.165, 1.54) is 15.1 Å². The zero-order valence-corrected chi connectivity index (χ0v) is 28.0. The zero-order chi connectivity index (χ0) is 33.0. The molecule has 244 valence electrons. The van der Waals surface area contributed by atoms with E-state index in [-0.39, 0.29) is 10.8 Å². The van der Waals surface area contributed by atoms with Gasteiger partial charge in [-0.2, -0.15) is 0 Å². The van der Waals surface area contributed by atoms with Crippen LogP contribution in [0.1, 0.15) is 52.5 Å². The normalized spacial score (nSPS) is 14.6. The molecular formula is C38H37N5O4S. The van der Waals surface area contributed by atoms with Crippen LogP contribution in [0.3, 0.4) is 0 Å². The molecule has 0 spiro atoms. The lowest BCUT2D eigenvalue weighted by molar-refractivity contribution is 0.415. The third-order valence-electron chi connectivity index (χ3n) is 9.75. The van der Waals surface area contributed by atoms with Crippen molar-refractivity contribution in [1.82, 2.24) is 13.9 Å². The van der Waals surface area contributed by atoms with Crippen LogP contribution in [0.15, 0.2) is 93.9 Å². The van der Waals surface area contributed by atoms with Gasteiger partial charge in [0.1, 0.15) is 11.5 Å². The molecule has 0 amide bonds. The molecule has 6 aromatic rings. The van der Waals surface area contributed by atoms with Crippen LogP contribution in [0.25, 0.3) is 21.8 Å². The Bertz CT molecular complexity index is 2250. The maximum Gasteiger partial charge on any atom is 0.267 e. The Hall–Kier alpha value is -5.09. The fourth-order valence-corrected chi connectivity index (χ4v) is 8.74. The minimum absolute atomic E-state index is 0.239. The quantitative estimate of drug-likeness (QED) is 0.175. The molecule has 0 radical (unpaired) electrons. The molecular weight excluding hydrogens is 623 g/mol. The average molecular weight is 660 g/mol.